The van der Waals surface area contributed by atoms with Gasteiger partial charge in [-0.1, -0.05) is 29.4 Å². The first-order valence-electron chi connectivity index (χ1n) is 5.02. The average molecular weight is 287 g/mol. The summed E-state index contributed by atoms with van der Waals surface area (Å²) in [5.41, 5.74) is 0.813. The van der Waals surface area contributed by atoms with E-state index in [1.54, 1.807) is 13.0 Å². The minimum atomic E-state index is -0.504. The number of hydrogen-bond donors (Lipinski definition) is 1. The Bertz CT molecular complexity index is 528. The van der Waals surface area contributed by atoms with Crippen molar-refractivity contribution in [3.05, 3.63) is 34.6 Å². The Hall–Kier alpha value is -0.620. The van der Waals surface area contributed by atoms with Gasteiger partial charge in [0.1, 0.15) is 5.82 Å². The maximum Gasteiger partial charge on any atom is 0.174 e. The molecule has 3 nitrogen and oxygen atoms in total. The highest BCUT2D eigenvalue weighted by molar-refractivity contribution is 8.01. The lowest BCUT2D eigenvalue weighted by molar-refractivity contribution is 0.199. The largest absolute Gasteiger partial charge is 0.389 e. The van der Waals surface area contributed by atoms with Crippen molar-refractivity contribution in [3.8, 4) is 0 Å². The number of halogens is 1. The molecule has 1 aromatic heterocycles. The number of benzene rings is 1. The van der Waals surface area contributed by atoms with Gasteiger partial charge in [0, 0.05) is 4.90 Å². The van der Waals surface area contributed by atoms with Gasteiger partial charge < -0.3 is 5.11 Å². The molecule has 0 aliphatic rings. The minimum absolute atomic E-state index is 0.504. The fraction of sp³-hybridized carbons (Fsp3) is 0.273. The summed E-state index contributed by atoms with van der Waals surface area (Å²) >= 11 is 9.00. The summed E-state index contributed by atoms with van der Waals surface area (Å²) in [6.45, 7) is 3.57. The minimum Gasteiger partial charge on any atom is -0.389 e. The Balaban J connectivity index is 2.22. The van der Waals surface area contributed by atoms with Crippen LogP contribution in [0.3, 0.4) is 0 Å². The van der Waals surface area contributed by atoms with E-state index in [9.17, 15) is 5.11 Å². The lowest BCUT2D eigenvalue weighted by Crippen LogP contribution is -1.90. The van der Waals surface area contributed by atoms with Crippen molar-refractivity contribution in [1.82, 2.24) is 9.36 Å². The summed E-state index contributed by atoms with van der Waals surface area (Å²) in [5.74, 6) is 0.772. The van der Waals surface area contributed by atoms with Crippen LogP contribution >= 0.6 is 34.9 Å². The predicted molar refractivity (Wildman–Crippen MR) is 70.9 cm³/mol. The molecular weight excluding hydrogens is 276 g/mol. The Morgan fingerprint density at radius 3 is 2.76 bits per heavy atom. The average Bonchev–Trinajstić information content (AvgIpc) is 2.67. The van der Waals surface area contributed by atoms with Crippen LogP contribution in [0.5, 0.6) is 0 Å². The molecule has 0 spiro atoms. The summed E-state index contributed by atoms with van der Waals surface area (Å²) in [6.07, 6.45) is -0.504. The van der Waals surface area contributed by atoms with Crippen LogP contribution in [0.4, 0.5) is 0 Å². The van der Waals surface area contributed by atoms with E-state index in [2.05, 4.69) is 9.36 Å². The molecule has 0 aliphatic heterocycles. The first kappa shape index (κ1) is 12.8. The first-order chi connectivity index (χ1) is 8.06. The van der Waals surface area contributed by atoms with E-state index in [0.29, 0.717) is 5.02 Å². The molecule has 1 heterocycles. The van der Waals surface area contributed by atoms with Crippen molar-refractivity contribution < 1.29 is 5.11 Å². The number of aliphatic hydroxyl groups is 1. The molecule has 90 valence electrons. The molecule has 1 unspecified atom stereocenters. The van der Waals surface area contributed by atoms with E-state index in [1.807, 2.05) is 19.1 Å². The summed E-state index contributed by atoms with van der Waals surface area (Å²) in [4.78, 5) is 5.19. The number of aromatic nitrogens is 2. The third-order valence-electron chi connectivity index (χ3n) is 2.14. The van der Waals surface area contributed by atoms with E-state index < -0.39 is 6.10 Å². The summed E-state index contributed by atoms with van der Waals surface area (Å²) in [5, 5.41) is 10.1. The molecular formula is C11H11ClN2OS2. The monoisotopic (exact) mass is 286 g/mol. The molecule has 6 heteroatoms. The van der Waals surface area contributed by atoms with Crippen LogP contribution in [-0.2, 0) is 0 Å². The van der Waals surface area contributed by atoms with E-state index >= 15 is 0 Å². The van der Waals surface area contributed by atoms with Crippen molar-refractivity contribution in [2.45, 2.75) is 29.2 Å². The van der Waals surface area contributed by atoms with Gasteiger partial charge >= 0.3 is 0 Å². The molecule has 17 heavy (non-hydrogen) atoms. The number of rotatable bonds is 3. The Kier molecular flexibility index (Phi) is 4.04. The van der Waals surface area contributed by atoms with Gasteiger partial charge in [0.25, 0.3) is 0 Å². The van der Waals surface area contributed by atoms with Crippen molar-refractivity contribution >= 4 is 34.9 Å². The summed E-state index contributed by atoms with van der Waals surface area (Å²) < 4.78 is 4.98. The van der Waals surface area contributed by atoms with Gasteiger partial charge in [-0.25, -0.2) is 4.98 Å². The smallest absolute Gasteiger partial charge is 0.174 e. The zero-order chi connectivity index (χ0) is 12.4. The zero-order valence-corrected chi connectivity index (χ0v) is 11.7. The van der Waals surface area contributed by atoms with Crippen molar-refractivity contribution in [2.24, 2.45) is 0 Å². The van der Waals surface area contributed by atoms with Crippen molar-refractivity contribution in [3.63, 3.8) is 0 Å². The van der Waals surface area contributed by atoms with E-state index in [1.165, 1.54) is 23.3 Å². The standard InChI is InChI=1S/C11H11ClN2OS2/c1-6(15)8-3-4-10(9(12)5-8)16-11-13-7(2)14-17-11/h3-6,15H,1-2H3. The maximum atomic E-state index is 9.45. The Morgan fingerprint density at radius 1 is 1.47 bits per heavy atom. The first-order valence-corrected chi connectivity index (χ1v) is 6.98. The molecule has 2 aromatic rings. The van der Waals surface area contributed by atoms with Gasteiger partial charge in [-0.05, 0) is 43.1 Å². The lowest BCUT2D eigenvalue weighted by Gasteiger charge is -2.07. The number of aryl methyl sites for hydroxylation is 1. The van der Waals surface area contributed by atoms with Gasteiger partial charge in [0.05, 0.1) is 11.1 Å². The fourth-order valence-electron chi connectivity index (χ4n) is 1.27. The Labute approximate surface area is 113 Å². The molecule has 2 rings (SSSR count). The third-order valence-corrected chi connectivity index (χ3v) is 4.49. The van der Waals surface area contributed by atoms with Gasteiger partial charge in [-0.3, -0.25) is 0 Å². The quantitative estimate of drug-likeness (QED) is 0.934. The molecule has 0 saturated heterocycles. The second kappa shape index (κ2) is 5.35. The molecule has 0 saturated carbocycles. The Morgan fingerprint density at radius 2 is 2.24 bits per heavy atom. The lowest BCUT2D eigenvalue weighted by atomic mass is 10.1. The molecule has 0 amide bonds. The van der Waals surface area contributed by atoms with Crippen LogP contribution in [0.15, 0.2) is 27.4 Å². The normalized spacial score (nSPS) is 12.7. The van der Waals surface area contributed by atoms with Crippen LogP contribution in [0, 0.1) is 6.92 Å². The van der Waals surface area contributed by atoms with Gasteiger partial charge in [-0.15, -0.1) is 0 Å². The van der Waals surface area contributed by atoms with Gasteiger partial charge in [-0.2, -0.15) is 4.37 Å². The van der Waals surface area contributed by atoms with Gasteiger partial charge in [0.15, 0.2) is 4.34 Å². The number of aliphatic hydroxyl groups excluding tert-OH is 1. The molecule has 1 aromatic carbocycles. The summed E-state index contributed by atoms with van der Waals surface area (Å²) in [6, 6.07) is 5.54. The highest BCUT2D eigenvalue weighted by Gasteiger charge is 2.09. The molecule has 1 atom stereocenters. The molecule has 0 aliphatic carbocycles. The number of nitrogens with zero attached hydrogens (tertiary/aromatic N) is 2. The molecule has 1 N–H and O–H groups in total. The predicted octanol–water partition coefficient (Wildman–Crippen LogP) is 3.70. The topological polar surface area (TPSA) is 46.0 Å². The molecule has 0 radical (unpaired) electrons. The fourth-order valence-corrected chi connectivity index (χ4v) is 3.19. The second-order valence-electron chi connectivity index (χ2n) is 3.58. The van der Waals surface area contributed by atoms with Crippen molar-refractivity contribution in [1.29, 1.82) is 0 Å². The number of hydrogen-bond acceptors (Lipinski definition) is 5. The highest BCUT2D eigenvalue weighted by atomic mass is 35.5. The van der Waals surface area contributed by atoms with E-state index in [-0.39, 0.29) is 0 Å². The maximum absolute atomic E-state index is 9.45. The van der Waals surface area contributed by atoms with Crippen LogP contribution in [0.2, 0.25) is 5.02 Å². The molecule has 0 bridgehead atoms. The molecule has 0 fully saturated rings. The van der Waals surface area contributed by atoms with Crippen LogP contribution in [-0.4, -0.2) is 14.5 Å². The van der Waals surface area contributed by atoms with Crippen LogP contribution in [0.1, 0.15) is 24.4 Å². The van der Waals surface area contributed by atoms with Crippen LogP contribution < -0.4 is 0 Å². The third kappa shape index (κ3) is 3.19. The van der Waals surface area contributed by atoms with E-state index in [0.717, 1.165) is 20.6 Å². The zero-order valence-electron chi connectivity index (χ0n) is 9.35. The van der Waals surface area contributed by atoms with Crippen LogP contribution in [0.25, 0.3) is 0 Å². The van der Waals surface area contributed by atoms with Gasteiger partial charge in [0.2, 0.25) is 0 Å². The van der Waals surface area contributed by atoms with Crippen molar-refractivity contribution in [2.75, 3.05) is 0 Å². The highest BCUT2D eigenvalue weighted by Crippen LogP contribution is 2.35. The summed E-state index contributed by atoms with van der Waals surface area (Å²) in [7, 11) is 0. The van der Waals surface area contributed by atoms with E-state index in [4.69, 9.17) is 11.6 Å². The second-order valence-corrected chi connectivity index (χ2v) is 6.02. The SMILES string of the molecule is Cc1nsc(Sc2ccc(C(C)O)cc2Cl)n1.